The van der Waals surface area contributed by atoms with Gasteiger partial charge in [-0.25, -0.2) is 0 Å². The first-order chi connectivity index (χ1) is 9.29. The van der Waals surface area contributed by atoms with Crippen molar-refractivity contribution in [1.29, 1.82) is 5.26 Å². The molecule has 1 fully saturated rings. The van der Waals surface area contributed by atoms with Crippen LogP contribution in [0.2, 0.25) is 0 Å². The van der Waals surface area contributed by atoms with Gasteiger partial charge in [-0.2, -0.15) is 5.26 Å². The van der Waals surface area contributed by atoms with Crippen molar-refractivity contribution in [2.75, 3.05) is 25.0 Å². The number of carbonyl (C=O) groups is 1. The van der Waals surface area contributed by atoms with Crippen molar-refractivity contribution in [1.82, 2.24) is 5.32 Å². The zero-order valence-electron chi connectivity index (χ0n) is 10.7. The fourth-order valence-corrected chi connectivity index (χ4v) is 2.07. The van der Waals surface area contributed by atoms with E-state index in [1.165, 1.54) is 0 Å². The molecule has 0 spiro atoms. The molecular weight excluding hydrogens is 242 g/mol. The molecule has 2 rings (SSSR count). The monoisotopic (exact) mass is 259 g/mol. The number of nitrogens with one attached hydrogen (secondary N) is 2. The molecule has 5 heteroatoms. The zero-order chi connectivity index (χ0) is 13.5. The Balaban J connectivity index is 1.88. The number of nitriles is 1. The highest BCUT2D eigenvalue weighted by molar-refractivity contribution is 5.92. The summed E-state index contributed by atoms with van der Waals surface area (Å²) in [6.45, 7) is 1.77. The van der Waals surface area contributed by atoms with Gasteiger partial charge in [-0.15, -0.1) is 0 Å². The van der Waals surface area contributed by atoms with Crippen molar-refractivity contribution in [3.8, 4) is 11.8 Å². The number of benzene rings is 1. The number of rotatable bonds is 4. The van der Waals surface area contributed by atoms with Crippen LogP contribution in [-0.4, -0.2) is 25.6 Å². The lowest BCUT2D eigenvalue weighted by atomic mass is 9.99. The summed E-state index contributed by atoms with van der Waals surface area (Å²) < 4.78 is 5.15. The van der Waals surface area contributed by atoms with E-state index in [4.69, 9.17) is 10.00 Å². The molecule has 1 aromatic carbocycles. The fourth-order valence-electron chi connectivity index (χ4n) is 2.07. The third-order valence-electron chi connectivity index (χ3n) is 3.09. The van der Waals surface area contributed by atoms with E-state index in [1.54, 1.807) is 24.3 Å². The van der Waals surface area contributed by atoms with Gasteiger partial charge in [0.25, 0.3) is 0 Å². The molecule has 0 aromatic heterocycles. The van der Waals surface area contributed by atoms with Crippen molar-refractivity contribution < 1.29 is 9.53 Å². The van der Waals surface area contributed by atoms with E-state index in [9.17, 15) is 4.79 Å². The van der Waals surface area contributed by atoms with E-state index in [0.29, 0.717) is 5.75 Å². The highest BCUT2D eigenvalue weighted by Gasteiger charge is 2.20. The Bertz CT molecular complexity index is 459. The highest BCUT2D eigenvalue weighted by atomic mass is 16.5. The summed E-state index contributed by atoms with van der Waals surface area (Å²) in [6.07, 6.45) is 1.97. The van der Waals surface area contributed by atoms with Gasteiger partial charge in [-0.05, 0) is 43.7 Å². The van der Waals surface area contributed by atoms with Crippen molar-refractivity contribution in [2.45, 2.75) is 12.8 Å². The molecular formula is C14H17N3O2. The Labute approximate surface area is 112 Å². The maximum atomic E-state index is 12.0. The molecule has 0 radical (unpaired) electrons. The van der Waals surface area contributed by atoms with Gasteiger partial charge in [0.15, 0.2) is 6.61 Å². The van der Waals surface area contributed by atoms with Gasteiger partial charge in [-0.1, -0.05) is 0 Å². The van der Waals surface area contributed by atoms with Gasteiger partial charge in [0.1, 0.15) is 11.8 Å². The molecule has 0 aliphatic carbocycles. The molecule has 1 aromatic rings. The summed E-state index contributed by atoms with van der Waals surface area (Å²) in [5, 5.41) is 14.5. The lowest BCUT2D eigenvalue weighted by Crippen LogP contribution is -2.37. The first-order valence-electron chi connectivity index (χ1n) is 6.41. The lowest BCUT2D eigenvalue weighted by Gasteiger charge is -2.21. The maximum absolute atomic E-state index is 12.0. The van der Waals surface area contributed by atoms with Gasteiger partial charge >= 0.3 is 0 Å². The van der Waals surface area contributed by atoms with Crippen LogP contribution < -0.4 is 15.4 Å². The normalized spacial score (nSPS) is 18.4. The van der Waals surface area contributed by atoms with E-state index in [-0.39, 0.29) is 18.4 Å². The standard InChI is InChI=1S/C14H17N3O2/c15-7-9-19-13-5-3-12(4-6-13)17-14(18)11-2-1-8-16-10-11/h3-6,11,16H,1-2,8-10H2,(H,17,18)/t11-/m1/s1. The first-order valence-corrected chi connectivity index (χ1v) is 6.41. The number of hydrogen-bond acceptors (Lipinski definition) is 4. The molecule has 1 heterocycles. The topological polar surface area (TPSA) is 74.1 Å². The molecule has 100 valence electrons. The number of ether oxygens (including phenoxy) is 1. The molecule has 1 amide bonds. The summed E-state index contributed by atoms with van der Waals surface area (Å²) in [5.74, 6) is 0.722. The maximum Gasteiger partial charge on any atom is 0.228 e. The second kappa shape index (κ2) is 6.76. The lowest BCUT2D eigenvalue weighted by molar-refractivity contribution is -0.120. The van der Waals surface area contributed by atoms with E-state index in [1.807, 2.05) is 6.07 Å². The van der Waals surface area contributed by atoms with Crippen molar-refractivity contribution in [3.63, 3.8) is 0 Å². The largest absolute Gasteiger partial charge is 0.479 e. The number of amides is 1. The molecule has 1 aliphatic heterocycles. The van der Waals surface area contributed by atoms with Gasteiger partial charge in [0, 0.05) is 12.2 Å². The van der Waals surface area contributed by atoms with Gasteiger partial charge in [0.05, 0.1) is 5.92 Å². The fraction of sp³-hybridized carbons (Fsp3) is 0.429. The second-order valence-corrected chi connectivity index (χ2v) is 4.50. The van der Waals surface area contributed by atoms with Crippen LogP contribution in [0.25, 0.3) is 0 Å². The van der Waals surface area contributed by atoms with Gasteiger partial charge < -0.3 is 15.4 Å². The Hall–Kier alpha value is -2.06. The molecule has 19 heavy (non-hydrogen) atoms. The summed E-state index contributed by atoms with van der Waals surface area (Å²) in [5.41, 5.74) is 0.750. The van der Waals surface area contributed by atoms with E-state index in [0.717, 1.165) is 31.6 Å². The van der Waals surface area contributed by atoms with Crippen LogP contribution in [0.5, 0.6) is 5.75 Å². The summed E-state index contributed by atoms with van der Waals surface area (Å²) in [4.78, 5) is 12.0. The molecule has 1 aliphatic rings. The van der Waals surface area contributed by atoms with Crippen LogP contribution >= 0.6 is 0 Å². The van der Waals surface area contributed by atoms with Crippen LogP contribution in [0, 0.1) is 17.2 Å². The highest BCUT2D eigenvalue weighted by Crippen LogP contribution is 2.18. The minimum atomic E-state index is 0.0272. The Kier molecular flexibility index (Phi) is 4.76. The van der Waals surface area contributed by atoms with Crippen molar-refractivity contribution in [3.05, 3.63) is 24.3 Å². The van der Waals surface area contributed by atoms with Gasteiger partial charge in [-0.3, -0.25) is 4.79 Å². The minimum absolute atomic E-state index is 0.0272. The quantitative estimate of drug-likeness (QED) is 0.860. The summed E-state index contributed by atoms with van der Waals surface area (Å²) in [6, 6.07) is 8.95. The molecule has 1 atom stereocenters. The third-order valence-corrected chi connectivity index (χ3v) is 3.09. The summed E-state index contributed by atoms with van der Waals surface area (Å²) in [7, 11) is 0. The SMILES string of the molecule is N#CCOc1ccc(NC(=O)[C@@H]2CCCNC2)cc1. The number of piperidine rings is 1. The molecule has 0 bridgehead atoms. The first kappa shape index (κ1) is 13.4. The van der Waals surface area contributed by atoms with E-state index < -0.39 is 0 Å². The van der Waals surface area contributed by atoms with Crippen LogP contribution in [-0.2, 0) is 4.79 Å². The van der Waals surface area contributed by atoms with Crippen molar-refractivity contribution >= 4 is 11.6 Å². The molecule has 0 unspecified atom stereocenters. The summed E-state index contributed by atoms with van der Waals surface area (Å²) >= 11 is 0. The molecule has 5 nitrogen and oxygen atoms in total. The predicted molar refractivity (Wildman–Crippen MR) is 71.8 cm³/mol. The zero-order valence-corrected chi connectivity index (χ0v) is 10.7. The predicted octanol–water partition coefficient (Wildman–Crippen LogP) is 1.53. The number of carbonyl (C=O) groups excluding carboxylic acids is 1. The number of nitrogens with zero attached hydrogens (tertiary/aromatic N) is 1. The minimum Gasteiger partial charge on any atom is -0.479 e. The van der Waals surface area contributed by atoms with Gasteiger partial charge in [0.2, 0.25) is 5.91 Å². The van der Waals surface area contributed by atoms with E-state index >= 15 is 0 Å². The number of hydrogen-bond donors (Lipinski definition) is 2. The Morgan fingerprint density at radius 2 is 2.26 bits per heavy atom. The molecule has 0 saturated carbocycles. The van der Waals surface area contributed by atoms with E-state index in [2.05, 4.69) is 10.6 Å². The van der Waals surface area contributed by atoms with Crippen LogP contribution in [0.1, 0.15) is 12.8 Å². The smallest absolute Gasteiger partial charge is 0.228 e. The van der Waals surface area contributed by atoms with Crippen LogP contribution in [0.4, 0.5) is 5.69 Å². The Morgan fingerprint density at radius 1 is 1.47 bits per heavy atom. The average Bonchev–Trinajstić information content (AvgIpc) is 2.47. The van der Waals surface area contributed by atoms with Crippen LogP contribution in [0.3, 0.4) is 0 Å². The molecule has 2 N–H and O–H groups in total. The van der Waals surface area contributed by atoms with Crippen LogP contribution in [0.15, 0.2) is 24.3 Å². The third kappa shape index (κ3) is 3.97. The number of anilines is 1. The van der Waals surface area contributed by atoms with Crippen molar-refractivity contribution in [2.24, 2.45) is 5.92 Å². The Morgan fingerprint density at radius 3 is 2.89 bits per heavy atom. The second-order valence-electron chi connectivity index (χ2n) is 4.50. The molecule has 1 saturated heterocycles. The average molecular weight is 259 g/mol.